The number of thiol groups is 1. The van der Waals surface area contributed by atoms with Crippen molar-refractivity contribution >= 4 is 12.6 Å². The second-order valence-electron chi connectivity index (χ2n) is 5.14. The molecule has 0 saturated heterocycles. The lowest BCUT2D eigenvalue weighted by Gasteiger charge is -2.32. The smallest absolute Gasteiger partial charge is 0.299 e. The molecule has 1 rings (SSSR count). The molecule has 0 bridgehead atoms. The van der Waals surface area contributed by atoms with Gasteiger partial charge in [-0.2, -0.15) is 17.6 Å². The van der Waals surface area contributed by atoms with Gasteiger partial charge in [-0.3, -0.25) is 4.57 Å². The van der Waals surface area contributed by atoms with Crippen molar-refractivity contribution < 1.29 is 0 Å². The van der Waals surface area contributed by atoms with Crippen molar-refractivity contribution in [1.29, 1.82) is 0 Å². The quantitative estimate of drug-likeness (QED) is 0.771. The van der Waals surface area contributed by atoms with E-state index in [2.05, 4.69) is 31.5 Å². The molecule has 0 N–H and O–H groups in total. The summed E-state index contributed by atoms with van der Waals surface area (Å²) in [5.74, 6) is 0.814. The number of rotatable bonds is 7. The summed E-state index contributed by atoms with van der Waals surface area (Å²) in [6, 6.07) is 1.89. The summed E-state index contributed by atoms with van der Waals surface area (Å²) in [4.78, 5) is 15.9. The summed E-state index contributed by atoms with van der Waals surface area (Å²) in [6.45, 7) is 6.94. The lowest BCUT2D eigenvalue weighted by Crippen LogP contribution is -2.35. The summed E-state index contributed by atoms with van der Waals surface area (Å²) in [5.41, 5.74) is 0.750. The zero-order chi connectivity index (χ0) is 13.6. The summed E-state index contributed by atoms with van der Waals surface area (Å²) in [5, 5.41) is 0. The molecule has 1 heterocycles. The van der Waals surface area contributed by atoms with E-state index in [4.69, 9.17) is 0 Å². The van der Waals surface area contributed by atoms with Gasteiger partial charge in [-0.15, -0.1) is 0 Å². The predicted molar refractivity (Wildman–Crippen MR) is 79.3 cm³/mol. The van der Waals surface area contributed by atoms with Crippen molar-refractivity contribution in [3.05, 3.63) is 28.4 Å². The summed E-state index contributed by atoms with van der Waals surface area (Å²) in [7, 11) is 0. The Hall–Kier alpha value is -0.770. The minimum atomic E-state index is -0.145. The van der Waals surface area contributed by atoms with Crippen molar-refractivity contribution in [3.8, 4) is 0 Å². The number of aromatic nitrogens is 2. The highest BCUT2D eigenvalue weighted by molar-refractivity contribution is 7.80. The van der Waals surface area contributed by atoms with Gasteiger partial charge in [-0.1, -0.05) is 26.7 Å². The third-order valence-electron chi connectivity index (χ3n) is 3.42. The number of hydrogen-bond acceptors (Lipinski definition) is 3. The zero-order valence-corrected chi connectivity index (χ0v) is 12.5. The van der Waals surface area contributed by atoms with Gasteiger partial charge in [-0.05, 0) is 37.0 Å². The largest absolute Gasteiger partial charge is 0.347 e. The van der Waals surface area contributed by atoms with E-state index in [1.54, 1.807) is 4.57 Å². The fourth-order valence-corrected chi connectivity index (χ4v) is 2.96. The van der Waals surface area contributed by atoms with Gasteiger partial charge in [0.2, 0.25) is 0 Å². The molecule has 0 aliphatic heterocycles. The highest BCUT2D eigenvalue weighted by atomic mass is 32.1. The molecule has 1 aromatic rings. The fraction of sp³-hybridized carbons (Fsp3) is 0.714. The molecule has 1 aromatic heterocycles. The van der Waals surface area contributed by atoms with E-state index in [0.717, 1.165) is 43.7 Å². The van der Waals surface area contributed by atoms with Crippen LogP contribution in [0.25, 0.3) is 0 Å². The monoisotopic (exact) mass is 268 g/mol. The Morgan fingerprint density at radius 1 is 1.33 bits per heavy atom. The van der Waals surface area contributed by atoms with E-state index in [1.165, 1.54) is 0 Å². The molecule has 0 aliphatic rings. The Kier molecular flexibility index (Phi) is 5.93. The first kappa shape index (κ1) is 15.3. The first-order valence-corrected chi connectivity index (χ1v) is 7.35. The molecule has 0 atom stereocenters. The van der Waals surface area contributed by atoms with Crippen LogP contribution in [0.4, 0.5) is 0 Å². The molecule has 0 fully saturated rings. The average molecular weight is 268 g/mol. The SMILES string of the molecule is CCCC(CS)(CCC)Cn1ccc(C)nc1=O. The molecule has 0 aromatic carbocycles. The van der Waals surface area contributed by atoms with Crippen LogP contribution in [0.3, 0.4) is 0 Å². The Labute approximate surface area is 115 Å². The van der Waals surface area contributed by atoms with Gasteiger partial charge in [-0.25, -0.2) is 4.79 Å². The molecular formula is C14H24N2OS. The Balaban J connectivity index is 2.98. The highest BCUT2D eigenvalue weighted by Gasteiger charge is 2.27. The van der Waals surface area contributed by atoms with Gasteiger partial charge in [0, 0.05) is 18.4 Å². The minimum Gasteiger partial charge on any atom is -0.299 e. The average Bonchev–Trinajstić information content (AvgIpc) is 2.33. The summed E-state index contributed by atoms with van der Waals surface area (Å²) < 4.78 is 1.73. The van der Waals surface area contributed by atoms with Crippen LogP contribution in [0.15, 0.2) is 17.1 Å². The van der Waals surface area contributed by atoms with Gasteiger partial charge in [0.25, 0.3) is 0 Å². The molecule has 0 saturated carbocycles. The minimum absolute atomic E-state index is 0.118. The van der Waals surface area contributed by atoms with E-state index in [9.17, 15) is 4.79 Å². The molecule has 4 heteroatoms. The maximum Gasteiger partial charge on any atom is 0.347 e. The van der Waals surface area contributed by atoms with Crippen molar-refractivity contribution in [2.24, 2.45) is 5.41 Å². The van der Waals surface area contributed by atoms with Gasteiger partial charge in [0.1, 0.15) is 0 Å². The van der Waals surface area contributed by atoms with E-state index < -0.39 is 0 Å². The van der Waals surface area contributed by atoms with Crippen molar-refractivity contribution in [3.63, 3.8) is 0 Å². The standard InChI is InChI=1S/C14H24N2OS/c1-4-7-14(11-18,8-5-2)10-16-9-6-12(3)15-13(16)17/h6,9,18H,4-5,7-8,10-11H2,1-3H3. The number of nitrogens with zero attached hydrogens (tertiary/aromatic N) is 2. The first-order chi connectivity index (χ1) is 8.56. The van der Waals surface area contributed by atoms with Gasteiger partial charge >= 0.3 is 5.69 Å². The molecule has 3 nitrogen and oxygen atoms in total. The van der Waals surface area contributed by atoms with Crippen LogP contribution in [0, 0.1) is 12.3 Å². The maximum atomic E-state index is 11.9. The van der Waals surface area contributed by atoms with Crippen LogP contribution < -0.4 is 5.69 Å². The lowest BCUT2D eigenvalue weighted by molar-refractivity contribution is 0.227. The molecule has 0 amide bonds. The Morgan fingerprint density at radius 3 is 2.39 bits per heavy atom. The predicted octanol–water partition coefficient (Wildman–Crippen LogP) is 3.07. The molecule has 0 unspecified atom stereocenters. The Bertz CT molecular complexity index is 422. The molecule has 0 aliphatic carbocycles. The molecule has 18 heavy (non-hydrogen) atoms. The van der Waals surface area contributed by atoms with Crippen LogP contribution in [-0.4, -0.2) is 15.3 Å². The third-order valence-corrected chi connectivity index (χ3v) is 4.09. The number of aryl methyl sites for hydroxylation is 1. The molecule has 0 spiro atoms. The van der Waals surface area contributed by atoms with Crippen LogP contribution >= 0.6 is 12.6 Å². The normalized spacial score (nSPS) is 11.8. The van der Waals surface area contributed by atoms with Gasteiger partial charge < -0.3 is 0 Å². The fourth-order valence-electron chi connectivity index (χ4n) is 2.55. The van der Waals surface area contributed by atoms with Crippen LogP contribution in [-0.2, 0) is 6.54 Å². The zero-order valence-electron chi connectivity index (χ0n) is 11.6. The highest BCUT2D eigenvalue weighted by Crippen LogP contribution is 2.32. The maximum absolute atomic E-state index is 11.9. The van der Waals surface area contributed by atoms with Crippen molar-refractivity contribution in [1.82, 2.24) is 9.55 Å². The topological polar surface area (TPSA) is 34.9 Å². The second kappa shape index (κ2) is 6.98. The number of hydrogen-bond donors (Lipinski definition) is 1. The lowest BCUT2D eigenvalue weighted by atomic mass is 9.81. The molecule has 102 valence electrons. The second-order valence-corrected chi connectivity index (χ2v) is 5.45. The van der Waals surface area contributed by atoms with E-state index in [0.29, 0.717) is 0 Å². The van der Waals surface area contributed by atoms with E-state index in [1.807, 2.05) is 19.2 Å². The summed E-state index contributed by atoms with van der Waals surface area (Å²) >= 11 is 4.52. The Morgan fingerprint density at radius 2 is 1.94 bits per heavy atom. The summed E-state index contributed by atoms with van der Waals surface area (Å²) in [6.07, 6.45) is 6.30. The van der Waals surface area contributed by atoms with E-state index in [-0.39, 0.29) is 11.1 Å². The van der Waals surface area contributed by atoms with Crippen molar-refractivity contribution in [2.75, 3.05) is 5.75 Å². The van der Waals surface area contributed by atoms with Gasteiger partial charge in [0.05, 0.1) is 0 Å². The third kappa shape index (κ3) is 3.87. The van der Waals surface area contributed by atoms with Crippen LogP contribution in [0.2, 0.25) is 0 Å². The van der Waals surface area contributed by atoms with E-state index >= 15 is 0 Å². The van der Waals surface area contributed by atoms with Crippen LogP contribution in [0.5, 0.6) is 0 Å². The van der Waals surface area contributed by atoms with Crippen LogP contribution in [0.1, 0.15) is 45.2 Å². The van der Waals surface area contributed by atoms with Crippen molar-refractivity contribution in [2.45, 2.75) is 53.0 Å². The molecule has 0 radical (unpaired) electrons. The molecular weight excluding hydrogens is 244 g/mol. The first-order valence-electron chi connectivity index (χ1n) is 6.72. The van der Waals surface area contributed by atoms with Gasteiger partial charge in [0.15, 0.2) is 0 Å².